The maximum absolute atomic E-state index is 3.56. The van der Waals surface area contributed by atoms with Crippen molar-refractivity contribution < 1.29 is 0 Å². The first-order valence-electron chi connectivity index (χ1n) is 8.13. The minimum Gasteiger partial charge on any atom is -0.371 e. The van der Waals surface area contributed by atoms with E-state index in [1.807, 2.05) is 0 Å². The van der Waals surface area contributed by atoms with Crippen LogP contribution in [0.3, 0.4) is 0 Å². The minimum absolute atomic E-state index is 0.708. The van der Waals surface area contributed by atoms with Gasteiger partial charge in [-0.05, 0) is 61.3 Å². The van der Waals surface area contributed by atoms with Crippen molar-refractivity contribution in [3.05, 3.63) is 29.3 Å². The van der Waals surface area contributed by atoms with Crippen LogP contribution in [-0.2, 0) is 5.33 Å². The molecule has 1 nitrogen and oxygen atoms in total. The molecule has 1 saturated carbocycles. The van der Waals surface area contributed by atoms with E-state index in [1.165, 1.54) is 74.8 Å². The molecule has 0 radical (unpaired) electrons. The summed E-state index contributed by atoms with van der Waals surface area (Å²) in [5, 5.41) is 0.961. The summed E-state index contributed by atoms with van der Waals surface area (Å²) in [6, 6.07) is 6.96. The Morgan fingerprint density at radius 3 is 2.35 bits per heavy atom. The highest BCUT2D eigenvalue weighted by Gasteiger charge is 2.35. The lowest BCUT2D eigenvalue weighted by Gasteiger charge is -2.45. The average molecular weight is 336 g/mol. The molecule has 0 aromatic heterocycles. The third-order valence-electron chi connectivity index (χ3n) is 5.57. The van der Waals surface area contributed by atoms with Gasteiger partial charge in [0.25, 0.3) is 0 Å². The van der Waals surface area contributed by atoms with Crippen molar-refractivity contribution in [3.63, 3.8) is 0 Å². The van der Waals surface area contributed by atoms with Crippen molar-refractivity contribution in [2.45, 2.75) is 57.2 Å². The first-order chi connectivity index (χ1) is 9.72. The molecule has 0 unspecified atom stereocenters. The van der Waals surface area contributed by atoms with Crippen LogP contribution in [0, 0.1) is 12.3 Å². The summed E-state index contributed by atoms with van der Waals surface area (Å²) >= 11 is 3.56. The molecule has 1 heterocycles. The van der Waals surface area contributed by atoms with Crippen LogP contribution in [0.2, 0.25) is 0 Å². The molecule has 0 amide bonds. The summed E-state index contributed by atoms with van der Waals surface area (Å²) in [7, 11) is 0. The van der Waals surface area contributed by atoms with Crippen molar-refractivity contribution in [3.8, 4) is 0 Å². The normalized spacial score (nSPS) is 22.2. The number of alkyl halides is 1. The average Bonchev–Trinajstić information content (AvgIpc) is 2.49. The third-order valence-corrected chi connectivity index (χ3v) is 6.18. The Hall–Kier alpha value is -0.500. The van der Waals surface area contributed by atoms with E-state index in [9.17, 15) is 0 Å². The Balaban J connectivity index is 1.67. The number of piperidine rings is 1. The van der Waals surface area contributed by atoms with E-state index in [-0.39, 0.29) is 0 Å². The van der Waals surface area contributed by atoms with Gasteiger partial charge in [0.1, 0.15) is 0 Å². The van der Waals surface area contributed by atoms with Gasteiger partial charge in [-0.15, -0.1) is 0 Å². The first kappa shape index (κ1) is 14.4. The molecule has 0 N–H and O–H groups in total. The van der Waals surface area contributed by atoms with Crippen LogP contribution in [-0.4, -0.2) is 13.1 Å². The highest BCUT2D eigenvalue weighted by molar-refractivity contribution is 9.08. The standard InChI is InChI=1S/C18H26BrN/c1-15-13-17(6-5-16(15)14-19)20-11-9-18(10-12-20)7-3-2-4-8-18/h5-6,13H,2-4,7-12,14H2,1H3. The number of anilines is 1. The first-order valence-corrected chi connectivity index (χ1v) is 9.25. The van der Waals surface area contributed by atoms with Gasteiger partial charge in [-0.1, -0.05) is 41.3 Å². The van der Waals surface area contributed by atoms with Crippen molar-refractivity contribution in [1.82, 2.24) is 0 Å². The Bertz CT molecular complexity index is 452. The summed E-state index contributed by atoms with van der Waals surface area (Å²) < 4.78 is 0. The van der Waals surface area contributed by atoms with E-state index in [0.29, 0.717) is 5.41 Å². The van der Waals surface area contributed by atoms with Gasteiger partial charge in [-0.2, -0.15) is 0 Å². The SMILES string of the molecule is Cc1cc(N2CCC3(CCCCC3)CC2)ccc1CBr. The van der Waals surface area contributed by atoms with Crippen LogP contribution in [0.1, 0.15) is 56.1 Å². The van der Waals surface area contributed by atoms with E-state index in [2.05, 4.69) is 46.0 Å². The number of benzene rings is 1. The number of nitrogens with zero attached hydrogens (tertiary/aromatic N) is 1. The highest BCUT2D eigenvalue weighted by Crippen LogP contribution is 2.45. The molecular weight excluding hydrogens is 310 g/mol. The number of halogens is 1. The van der Waals surface area contributed by atoms with Crippen LogP contribution < -0.4 is 4.90 Å². The van der Waals surface area contributed by atoms with Crippen LogP contribution in [0.15, 0.2) is 18.2 Å². The molecule has 1 aliphatic carbocycles. The van der Waals surface area contributed by atoms with E-state index in [1.54, 1.807) is 0 Å². The molecule has 0 atom stereocenters. The lowest BCUT2D eigenvalue weighted by Crippen LogP contribution is -2.41. The summed E-state index contributed by atoms with van der Waals surface area (Å²) in [4.78, 5) is 2.60. The van der Waals surface area contributed by atoms with Crippen LogP contribution in [0.25, 0.3) is 0 Å². The van der Waals surface area contributed by atoms with Crippen molar-refractivity contribution in [1.29, 1.82) is 0 Å². The van der Waals surface area contributed by atoms with Gasteiger partial charge in [-0.3, -0.25) is 0 Å². The zero-order valence-corrected chi connectivity index (χ0v) is 14.2. The lowest BCUT2D eigenvalue weighted by molar-refractivity contribution is 0.144. The van der Waals surface area contributed by atoms with Gasteiger partial charge >= 0.3 is 0 Å². The van der Waals surface area contributed by atoms with E-state index in [4.69, 9.17) is 0 Å². The fourth-order valence-electron chi connectivity index (χ4n) is 4.07. The molecule has 1 spiro atoms. The van der Waals surface area contributed by atoms with Gasteiger partial charge in [-0.25, -0.2) is 0 Å². The Morgan fingerprint density at radius 1 is 1.05 bits per heavy atom. The second-order valence-electron chi connectivity index (χ2n) is 6.79. The molecule has 2 aliphatic rings. The van der Waals surface area contributed by atoms with Crippen molar-refractivity contribution in [2.24, 2.45) is 5.41 Å². The topological polar surface area (TPSA) is 3.24 Å². The van der Waals surface area contributed by atoms with E-state index in [0.717, 1.165) is 5.33 Å². The summed E-state index contributed by atoms with van der Waals surface area (Å²) in [6.45, 7) is 4.74. The van der Waals surface area contributed by atoms with Gasteiger partial charge in [0.2, 0.25) is 0 Å². The zero-order chi connectivity index (χ0) is 14.0. The van der Waals surface area contributed by atoms with Crippen LogP contribution in [0.5, 0.6) is 0 Å². The fraction of sp³-hybridized carbons (Fsp3) is 0.667. The van der Waals surface area contributed by atoms with Gasteiger partial charge in [0, 0.05) is 24.1 Å². The largest absolute Gasteiger partial charge is 0.371 e. The number of hydrogen-bond donors (Lipinski definition) is 0. The maximum Gasteiger partial charge on any atom is 0.0369 e. The number of rotatable bonds is 2. The monoisotopic (exact) mass is 335 g/mol. The maximum atomic E-state index is 3.56. The molecule has 1 saturated heterocycles. The van der Waals surface area contributed by atoms with Crippen LogP contribution in [0.4, 0.5) is 5.69 Å². The van der Waals surface area contributed by atoms with Gasteiger partial charge < -0.3 is 4.90 Å². The molecule has 110 valence electrons. The Morgan fingerprint density at radius 2 is 1.75 bits per heavy atom. The summed E-state index contributed by atoms with van der Waals surface area (Å²) in [5.74, 6) is 0. The molecule has 2 heteroatoms. The molecule has 1 aromatic carbocycles. The molecule has 20 heavy (non-hydrogen) atoms. The van der Waals surface area contributed by atoms with Crippen molar-refractivity contribution >= 4 is 21.6 Å². The molecule has 1 aromatic rings. The predicted octanol–water partition coefficient (Wildman–Crippen LogP) is 5.44. The fourth-order valence-corrected chi connectivity index (χ4v) is 4.70. The second-order valence-corrected chi connectivity index (χ2v) is 7.35. The van der Waals surface area contributed by atoms with E-state index >= 15 is 0 Å². The van der Waals surface area contributed by atoms with Gasteiger partial charge in [0.05, 0.1) is 0 Å². The lowest BCUT2D eigenvalue weighted by atomic mass is 9.68. The molecular formula is C18H26BrN. The second kappa shape index (κ2) is 6.09. The molecule has 2 fully saturated rings. The zero-order valence-electron chi connectivity index (χ0n) is 12.6. The third kappa shape index (κ3) is 2.90. The highest BCUT2D eigenvalue weighted by atomic mass is 79.9. The van der Waals surface area contributed by atoms with E-state index < -0.39 is 0 Å². The van der Waals surface area contributed by atoms with Gasteiger partial charge in [0.15, 0.2) is 0 Å². The summed E-state index contributed by atoms with van der Waals surface area (Å²) in [6.07, 6.45) is 10.2. The minimum atomic E-state index is 0.708. The number of aryl methyl sites for hydroxylation is 1. The predicted molar refractivity (Wildman–Crippen MR) is 90.8 cm³/mol. The number of hydrogen-bond acceptors (Lipinski definition) is 1. The molecule has 1 aliphatic heterocycles. The summed E-state index contributed by atoms with van der Waals surface area (Å²) in [5.41, 5.74) is 4.96. The Kier molecular flexibility index (Phi) is 4.40. The smallest absolute Gasteiger partial charge is 0.0369 e. The molecule has 3 rings (SSSR count). The van der Waals surface area contributed by atoms with Crippen molar-refractivity contribution in [2.75, 3.05) is 18.0 Å². The quantitative estimate of drug-likeness (QED) is 0.650. The Labute approximate surface area is 131 Å². The van der Waals surface area contributed by atoms with Crippen LogP contribution >= 0.6 is 15.9 Å². The molecule has 0 bridgehead atoms.